The SMILES string of the molecule is COC(=O)c1ccc(-n2ccc(C(C)c3ccc4c(c3)sc(=O)n4COCC[Si](C)(C)C)n2)nc1. The second-order valence-electron chi connectivity index (χ2n) is 9.67. The van der Waals surface area contributed by atoms with Crippen LogP contribution >= 0.6 is 11.3 Å². The van der Waals surface area contributed by atoms with Crippen LogP contribution in [0.25, 0.3) is 16.0 Å². The monoisotopic (exact) mass is 510 g/mol. The minimum Gasteiger partial charge on any atom is -0.465 e. The summed E-state index contributed by atoms with van der Waals surface area (Å²) >= 11 is 1.24. The second-order valence-corrected chi connectivity index (χ2v) is 16.3. The average Bonchev–Trinajstić information content (AvgIpc) is 3.44. The minimum absolute atomic E-state index is 0.0106. The lowest BCUT2D eigenvalue weighted by atomic mass is 9.98. The van der Waals surface area contributed by atoms with Crippen molar-refractivity contribution in [1.82, 2.24) is 19.3 Å². The molecule has 0 radical (unpaired) electrons. The Balaban J connectivity index is 1.49. The van der Waals surface area contributed by atoms with E-state index in [1.165, 1.54) is 24.6 Å². The van der Waals surface area contributed by atoms with Crippen molar-refractivity contribution in [3.63, 3.8) is 0 Å². The molecule has 0 aliphatic rings. The number of hydrogen-bond donors (Lipinski definition) is 0. The summed E-state index contributed by atoms with van der Waals surface area (Å²) in [5.74, 6) is 0.202. The van der Waals surface area contributed by atoms with Gasteiger partial charge in [0, 0.05) is 33.0 Å². The van der Waals surface area contributed by atoms with E-state index in [4.69, 9.17) is 9.47 Å². The van der Waals surface area contributed by atoms with Gasteiger partial charge < -0.3 is 9.47 Å². The number of methoxy groups -OCH3 is 1. The molecule has 1 aromatic carbocycles. The number of ether oxygens (including phenoxy) is 2. The summed E-state index contributed by atoms with van der Waals surface area (Å²) in [5, 5.41) is 4.68. The molecule has 0 saturated carbocycles. The van der Waals surface area contributed by atoms with Crippen molar-refractivity contribution >= 4 is 35.6 Å². The van der Waals surface area contributed by atoms with Crippen LogP contribution < -0.4 is 4.87 Å². The van der Waals surface area contributed by atoms with Crippen molar-refractivity contribution in [2.45, 2.75) is 45.3 Å². The normalized spacial score (nSPS) is 12.7. The van der Waals surface area contributed by atoms with Crippen LogP contribution in [0.4, 0.5) is 0 Å². The van der Waals surface area contributed by atoms with E-state index in [0.29, 0.717) is 18.0 Å². The fourth-order valence-electron chi connectivity index (χ4n) is 3.64. The first-order valence-corrected chi connectivity index (χ1v) is 16.0. The highest BCUT2D eigenvalue weighted by Crippen LogP contribution is 2.28. The Morgan fingerprint density at radius 3 is 2.66 bits per heavy atom. The zero-order chi connectivity index (χ0) is 25.2. The highest BCUT2D eigenvalue weighted by atomic mass is 32.1. The molecule has 0 saturated heterocycles. The molecule has 0 aliphatic carbocycles. The molecule has 0 aliphatic heterocycles. The Morgan fingerprint density at radius 2 is 1.97 bits per heavy atom. The molecule has 8 nitrogen and oxygen atoms in total. The van der Waals surface area contributed by atoms with Crippen LogP contribution in [0, 0.1) is 0 Å². The van der Waals surface area contributed by atoms with E-state index in [2.05, 4.69) is 42.7 Å². The number of esters is 1. The molecule has 4 aromatic rings. The Kier molecular flexibility index (Phi) is 7.34. The molecule has 0 spiro atoms. The van der Waals surface area contributed by atoms with Gasteiger partial charge in [0.25, 0.3) is 0 Å². The number of aromatic nitrogens is 4. The number of rotatable bonds is 9. The van der Waals surface area contributed by atoms with E-state index in [1.54, 1.807) is 21.4 Å². The standard InChI is InChI=1S/C25H30N4O4SSi/c1-17(20-10-11-29(27-20)23-9-7-19(15-26-23)24(30)32-2)18-6-8-21-22(14-18)34-25(31)28(21)16-33-12-13-35(3,4)5/h6-11,14-15,17H,12-13,16H2,1-5H3. The number of carbonyl (C=O) groups is 1. The van der Waals surface area contributed by atoms with Gasteiger partial charge in [-0.25, -0.2) is 14.5 Å². The highest BCUT2D eigenvalue weighted by molar-refractivity contribution is 7.16. The van der Waals surface area contributed by atoms with Crippen LogP contribution in [0.15, 0.2) is 53.6 Å². The average molecular weight is 511 g/mol. The van der Waals surface area contributed by atoms with Crippen molar-refractivity contribution in [3.05, 3.63) is 75.3 Å². The van der Waals surface area contributed by atoms with Gasteiger partial charge in [-0.3, -0.25) is 9.36 Å². The van der Waals surface area contributed by atoms with Crippen molar-refractivity contribution in [2.75, 3.05) is 13.7 Å². The topological polar surface area (TPSA) is 88.2 Å². The van der Waals surface area contributed by atoms with Gasteiger partial charge in [0.05, 0.1) is 28.6 Å². The number of nitrogens with zero attached hydrogens (tertiary/aromatic N) is 4. The second kappa shape index (κ2) is 10.3. The van der Waals surface area contributed by atoms with E-state index >= 15 is 0 Å². The minimum atomic E-state index is -1.17. The summed E-state index contributed by atoms with van der Waals surface area (Å²) in [4.78, 5) is 28.5. The molecule has 3 aromatic heterocycles. The Labute approximate surface area is 209 Å². The Morgan fingerprint density at radius 1 is 1.17 bits per heavy atom. The fraction of sp³-hybridized carbons (Fsp3) is 0.360. The van der Waals surface area contributed by atoms with E-state index in [0.717, 1.165) is 27.5 Å². The maximum Gasteiger partial charge on any atom is 0.339 e. The van der Waals surface area contributed by atoms with Crippen LogP contribution in [-0.2, 0) is 16.2 Å². The molecule has 1 atom stereocenters. The van der Waals surface area contributed by atoms with E-state index < -0.39 is 14.0 Å². The number of pyridine rings is 1. The smallest absolute Gasteiger partial charge is 0.339 e. The lowest BCUT2D eigenvalue weighted by Crippen LogP contribution is -2.23. The third-order valence-electron chi connectivity index (χ3n) is 5.87. The summed E-state index contributed by atoms with van der Waals surface area (Å²) in [5.41, 5.74) is 3.23. The third-order valence-corrected chi connectivity index (χ3v) is 8.51. The van der Waals surface area contributed by atoms with Crippen LogP contribution in [0.1, 0.15) is 34.5 Å². The summed E-state index contributed by atoms with van der Waals surface area (Å²) in [6, 6.07) is 12.5. The zero-order valence-corrected chi connectivity index (χ0v) is 22.5. The fourth-order valence-corrected chi connectivity index (χ4v) is 5.32. The first-order chi connectivity index (χ1) is 16.7. The van der Waals surface area contributed by atoms with E-state index in [9.17, 15) is 9.59 Å². The van der Waals surface area contributed by atoms with Gasteiger partial charge in [-0.05, 0) is 41.9 Å². The lowest BCUT2D eigenvalue weighted by molar-refractivity contribution is 0.0600. The predicted molar refractivity (Wildman–Crippen MR) is 140 cm³/mol. The molecule has 0 N–H and O–H groups in total. The first kappa shape index (κ1) is 25.0. The van der Waals surface area contributed by atoms with Gasteiger partial charge in [-0.15, -0.1) is 0 Å². The molecule has 0 fully saturated rings. The summed E-state index contributed by atoms with van der Waals surface area (Å²) in [6.07, 6.45) is 3.32. The molecule has 1 unspecified atom stereocenters. The molecule has 3 heterocycles. The predicted octanol–water partition coefficient (Wildman–Crippen LogP) is 4.89. The molecule has 4 rings (SSSR count). The Hall–Kier alpha value is -3.08. The third kappa shape index (κ3) is 5.77. The van der Waals surface area contributed by atoms with Crippen LogP contribution in [-0.4, -0.2) is 47.1 Å². The molecule has 10 heteroatoms. The molecule has 0 amide bonds. The Bertz CT molecular complexity index is 1390. The number of fused-ring (bicyclic) bond motifs is 1. The largest absolute Gasteiger partial charge is 0.465 e. The highest BCUT2D eigenvalue weighted by Gasteiger charge is 2.17. The van der Waals surface area contributed by atoms with Gasteiger partial charge in [0.1, 0.15) is 6.73 Å². The molecular weight excluding hydrogens is 480 g/mol. The molecule has 0 bridgehead atoms. The van der Waals surface area contributed by atoms with Gasteiger partial charge in [0.15, 0.2) is 5.82 Å². The van der Waals surface area contributed by atoms with Gasteiger partial charge >= 0.3 is 10.8 Å². The first-order valence-electron chi connectivity index (χ1n) is 11.5. The zero-order valence-electron chi connectivity index (χ0n) is 20.6. The number of benzene rings is 1. The summed E-state index contributed by atoms with van der Waals surface area (Å²) in [6.45, 7) is 9.98. The van der Waals surface area contributed by atoms with Crippen molar-refractivity contribution in [3.8, 4) is 5.82 Å². The van der Waals surface area contributed by atoms with Crippen molar-refractivity contribution in [2.24, 2.45) is 0 Å². The van der Waals surface area contributed by atoms with E-state index in [1.807, 2.05) is 24.4 Å². The lowest BCUT2D eigenvalue weighted by Gasteiger charge is -2.15. The number of carbonyl (C=O) groups excluding carboxylic acids is 1. The van der Waals surface area contributed by atoms with Crippen molar-refractivity contribution < 1.29 is 14.3 Å². The maximum atomic E-state index is 12.6. The summed E-state index contributed by atoms with van der Waals surface area (Å²) in [7, 11) is 0.171. The number of thiazole rings is 1. The van der Waals surface area contributed by atoms with Gasteiger partial charge in [-0.1, -0.05) is 44.0 Å². The van der Waals surface area contributed by atoms with Gasteiger partial charge in [0.2, 0.25) is 0 Å². The molecule has 184 valence electrons. The number of hydrogen-bond acceptors (Lipinski definition) is 7. The molecule has 35 heavy (non-hydrogen) atoms. The summed E-state index contributed by atoms with van der Waals surface area (Å²) < 4.78 is 14.9. The van der Waals surface area contributed by atoms with Gasteiger partial charge in [-0.2, -0.15) is 5.10 Å². The van der Waals surface area contributed by atoms with Crippen LogP contribution in [0.3, 0.4) is 0 Å². The molecular formula is C25H30N4O4SSi. The van der Waals surface area contributed by atoms with E-state index in [-0.39, 0.29) is 17.5 Å². The van der Waals surface area contributed by atoms with Crippen LogP contribution in [0.2, 0.25) is 25.7 Å². The maximum absolute atomic E-state index is 12.6. The van der Waals surface area contributed by atoms with Crippen molar-refractivity contribution in [1.29, 1.82) is 0 Å². The quantitative estimate of drug-likeness (QED) is 0.181. The van der Waals surface area contributed by atoms with Crippen LogP contribution in [0.5, 0.6) is 0 Å².